The molecule has 7 heteroatoms. The van der Waals surface area contributed by atoms with Crippen LogP contribution in [0.4, 0.5) is 0 Å². The molecule has 3 aromatic rings. The number of hydrogen-bond acceptors (Lipinski definition) is 5. The van der Waals surface area contributed by atoms with Gasteiger partial charge in [-0.25, -0.2) is 4.79 Å². The van der Waals surface area contributed by atoms with Crippen LogP contribution in [0.5, 0.6) is 5.75 Å². The van der Waals surface area contributed by atoms with Crippen molar-refractivity contribution in [2.24, 2.45) is 0 Å². The minimum atomic E-state index is -0.964. The van der Waals surface area contributed by atoms with Crippen molar-refractivity contribution in [3.8, 4) is 5.75 Å². The number of rotatable bonds is 8. The van der Waals surface area contributed by atoms with E-state index in [-0.39, 0.29) is 18.6 Å². The third kappa shape index (κ3) is 4.63. The number of esters is 1. The molecule has 1 atom stereocenters. The van der Waals surface area contributed by atoms with E-state index in [1.54, 1.807) is 25.1 Å². The van der Waals surface area contributed by atoms with Gasteiger partial charge in [0.1, 0.15) is 11.8 Å². The number of carbonyl (C=O) groups is 3. The molecule has 2 aromatic carbocycles. The summed E-state index contributed by atoms with van der Waals surface area (Å²) < 4.78 is 10.2. The number of ketones is 1. The number of ether oxygens (including phenoxy) is 2. The zero-order valence-electron chi connectivity index (χ0n) is 16.2. The fraction of sp³-hybridized carbons (Fsp3) is 0.227. The first kappa shape index (κ1) is 20.1. The molecule has 0 bridgehead atoms. The fourth-order valence-corrected chi connectivity index (χ4v) is 3.05. The highest BCUT2D eigenvalue weighted by Gasteiger charge is 2.27. The first-order valence-corrected chi connectivity index (χ1v) is 9.24. The van der Waals surface area contributed by atoms with E-state index in [1.165, 1.54) is 13.3 Å². The van der Waals surface area contributed by atoms with Gasteiger partial charge in [0.25, 0.3) is 11.7 Å². The fourth-order valence-electron chi connectivity index (χ4n) is 3.05. The Kier molecular flexibility index (Phi) is 6.29. The Morgan fingerprint density at radius 2 is 1.86 bits per heavy atom. The summed E-state index contributed by atoms with van der Waals surface area (Å²) in [5, 5.41) is 3.09. The van der Waals surface area contributed by atoms with Gasteiger partial charge in [-0.15, -0.1) is 0 Å². The van der Waals surface area contributed by atoms with Crippen molar-refractivity contribution in [2.45, 2.75) is 19.4 Å². The summed E-state index contributed by atoms with van der Waals surface area (Å²) in [5.74, 6) is -1.63. The van der Waals surface area contributed by atoms with Crippen molar-refractivity contribution < 1.29 is 23.9 Å². The van der Waals surface area contributed by atoms with Crippen LogP contribution in [-0.2, 0) is 20.7 Å². The highest BCUT2D eigenvalue weighted by molar-refractivity contribution is 6.45. The van der Waals surface area contributed by atoms with Crippen LogP contribution in [0.15, 0.2) is 54.7 Å². The first-order valence-electron chi connectivity index (χ1n) is 9.24. The van der Waals surface area contributed by atoms with E-state index in [0.717, 1.165) is 5.56 Å². The molecular weight excluding hydrogens is 372 g/mol. The summed E-state index contributed by atoms with van der Waals surface area (Å²) >= 11 is 0. The SMILES string of the molecule is CCOC(=O)[C@@H](Cc1ccccc1)NC(=O)C(=O)c1c[nH]c2ccc(OC)cc12. The van der Waals surface area contributed by atoms with Crippen LogP contribution in [0.3, 0.4) is 0 Å². The Morgan fingerprint density at radius 3 is 2.55 bits per heavy atom. The topological polar surface area (TPSA) is 97.5 Å². The predicted octanol–water partition coefficient (Wildman–Crippen LogP) is 2.65. The molecule has 7 nitrogen and oxygen atoms in total. The van der Waals surface area contributed by atoms with E-state index in [1.807, 2.05) is 30.3 Å². The molecule has 1 heterocycles. The number of benzene rings is 2. The Hall–Kier alpha value is -3.61. The third-order valence-electron chi connectivity index (χ3n) is 4.50. The van der Waals surface area contributed by atoms with Gasteiger partial charge in [-0.2, -0.15) is 0 Å². The van der Waals surface area contributed by atoms with Gasteiger partial charge in [0, 0.05) is 23.5 Å². The van der Waals surface area contributed by atoms with Gasteiger partial charge in [-0.1, -0.05) is 30.3 Å². The van der Waals surface area contributed by atoms with Gasteiger partial charge in [0.2, 0.25) is 0 Å². The van der Waals surface area contributed by atoms with Crippen LogP contribution in [0.1, 0.15) is 22.8 Å². The maximum Gasteiger partial charge on any atom is 0.328 e. The number of fused-ring (bicyclic) bond motifs is 1. The van der Waals surface area contributed by atoms with Crippen molar-refractivity contribution in [3.05, 3.63) is 65.9 Å². The Morgan fingerprint density at radius 1 is 1.10 bits per heavy atom. The van der Waals surface area contributed by atoms with Crippen LogP contribution in [0.2, 0.25) is 0 Å². The Labute approximate surface area is 168 Å². The summed E-state index contributed by atoms with van der Waals surface area (Å²) in [5.41, 5.74) is 1.75. The average molecular weight is 394 g/mol. The number of nitrogens with one attached hydrogen (secondary N) is 2. The van der Waals surface area contributed by atoms with Gasteiger partial charge in [0.05, 0.1) is 19.3 Å². The minimum Gasteiger partial charge on any atom is -0.497 e. The molecule has 2 N–H and O–H groups in total. The molecule has 0 aliphatic heterocycles. The van der Waals surface area contributed by atoms with Crippen molar-refractivity contribution in [3.63, 3.8) is 0 Å². The lowest BCUT2D eigenvalue weighted by Gasteiger charge is -2.17. The monoisotopic (exact) mass is 394 g/mol. The molecule has 1 amide bonds. The molecule has 0 aliphatic carbocycles. The average Bonchev–Trinajstić information content (AvgIpc) is 3.16. The van der Waals surface area contributed by atoms with Crippen LogP contribution in [0.25, 0.3) is 10.9 Å². The highest BCUT2D eigenvalue weighted by atomic mass is 16.5. The standard InChI is InChI=1S/C22H22N2O5/c1-3-29-22(27)19(11-14-7-5-4-6-8-14)24-21(26)20(25)17-13-23-18-10-9-15(28-2)12-16(17)18/h4-10,12-13,19,23H,3,11H2,1-2H3,(H,24,26)/t19-/m1/s1. The van der Waals surface area contributed by atoms with E-state index in [9.17, 15) is 14.4 Å². The molecule has 0 saturated heterocycles. The summed E-state index contributed by atoms with van der Waals surface area (Å²) in [7, 11) is 1.52. The lowest BCUT2D eigenvalue weighted by molar-refractivity contribution is -0.146. The van der Waals surface area contributed by atoms with E-state index in [2.05, 4.69) is 10.3 Å². The van der Waals surface area contributed by atoms with Crippen LogP contribution in [-0.4, -0.2) is 42.4 Å². The third-order valence-corrected chi connectivity index (χ3v) is 4.50. The predicted molar refractivity (Wildman–Crippen MR) is 108 cm³/mol. The summed E-state index contributed by atoms with van der Waals surface area (Å²) in [6, 6.07) is 13.4. The molecule has 0 radical (unpaired) electrons. The van der Waals surface area contributed by atoms with Gasteiger partial charge >= 0.3 is 5.97 Å². The zero-order valence-corrected chi connectivity index (χ0v) is 16.2. The van der Waals surface area contributed by atoms with Gasteiger partial charge in [-0.3, -0.25) is 9.59 Å². The molecule has 29 heavy (non-hydrogen) atoms. The van der Waals surface area contributed by atoms with Crippen molar-refractivity contribution in [1.82, 2.24) is 10.3 Å². The van der Waals surface area contributed by atoms with Crippen molar-refractivity contribution >= 4 is 28.6 Å². The number of aromatic nitrogens is 1. The second-order valence-corrected chi connectivity index (χ2v) is 6.41. The van der Waals surface area contributed by atoms with E-state index in [0.29, 0.717) is 16.7 Å². The van der Waals surface area contributed by atoms with Crippen LogP contribution in [0, 0.1) is 0 Å². The lowest BCUT2D eigenvalue weighted by atomic mass is 10.0. The molecular formula is C22H22N2O5. The Bertz CT molecular complexity index is 1030. The van der Waals surface area contributed by atoms with Crippen LogP contribution < -0.4 is 10.1 Å². The summed E-state index contributed by atoms with van der Waals surface area (Å²) in [6.07, 6.45) is 1.70. The molecule has 0 spiro atoms. The van der Waals surface area contributed by atoms with Gasteiger partial charge in [0.15, 0.2) is 0 Å². The van der Waals surface area contributed by atoms with E-state index in [4.69, 9.17) is 9.47 Å². The maximum absolute atomic E-state index is 12.8. The second kappa shape index (κ2) is 9.05. The van der Waals surface area contributed by atoms with E-state index < -0.39 is 23.7 Å². The highest BCUT2D eigenvalue weighted by Crippen LogP contribution is 2.24. The van der Waals surface area contributed by atoms with Crippen LogP contribution >= 0.6 is 0 Å². The minimum absolute atomic E-state index is 0.177. The van der Waals surface area contributed by atoms with E-state index >= 15 is 0 Å². The number of aromatic amines is 1. The molecule has 150 valence electrons. The number of Topliss-reactive ketones (excluding diaryl/α,β-unsaturated/α-hetero) is 1. The number of amides is 1. The molecule has 0 aliphatic rings. The molecule has 3 rings (SSSR count). The maximum atomic E-state index is 12.8. The quantitative estimate of drug-likeness (QED) is 0.348. The Balaban J connectivity index is 1.81. The molecule has 0 fully saturated rings. The number of carbonyl (C=O) groups excluding carboxylic acids is 3. The zero-order chi connectivity index (χ0) is 20.8. The van der Waals surface area contributed by atoms with Gasteiger partial charge in [-0.05, 0) is 30.7 Å². The number of methoxy groups -OCH3 is 1. The number of hydrogen-bond donors (Lipinski definition) is 2. The molecule has 1 aromatic heterocycles. The lowest BCUT2D eigenvalue weighted by Crippen LogP contribution is -2.46. The first-order chi connectivity index (χ1) is 14.0. The van der Waals surface area contributed by atoms with Crippen molar-refractivity contribution in [2.75, 3.05) is 13.7 Å². The second-order valence-electron chi connectivity index (χ2n) is 6.41. The summed E-state index contributed by atoms with van der Waals surface area (Å²) in [4.78, 5) is 40.7. The number of H-pyrrole nitrogens is 1. The van der Waals surface area contributed by atoms with Crippen molar-refractivity contribution in [1.29, 1.82) is 0 Å². The molecule has 0 unspecified atom stereocenters. The van der Waals surface area contributed by atoms with Gasteiger partial charge < -0.3 is 19.8 Å². The molecule has 0 saturated carbocycles. The summed E-state index contributed by atoms with van der Waals surface area (Å²) in [6.45, 7) is 1.86. The largest absolute Gasteiger partial charge is 0.497 e. The normalized spacial score (nSPS) is 11.7. The smallest absolute Gasteiger partial charge is 0.328 e.